The number of hydrazine groups is 1. The van der Waals surface area contributed by atoms with E-state index in [0.717, 1.165) is 83.1 Å². The number of likely N-dealkylation sites (tertiary alicyclic amines) is 1. The molecule has 0 aliphatic carbocycles. The van der Waals surface area contributed by atoms with Crippen LogP contribution in [0.25, 0.3) is 44.8 Å². The zero-order chi connectivity index (χ0) is 28.3. The number of H-pyrrole nitrogens is 1. The third kappa shape index (κ3) is 5.23. The van der Waals surface area contributed by atoms with Crippen molar-refractivity contribution in [3.63, 3.8) is 0 Å². The fraction of sp³-hybridized carbons (Fsp3) is 0.182. The average molecular weight is 554 g/mol. The molecular formula is C33H31N9. The average Bonchev–Trinajstić information content (AvgIpc) is 3.56. The highest BCUT2D eigenvalue weighted by atomic mass is 15.2. The number of benzene rings is 2. The number of nitrogens with two attached hydrogens (primary N) is 1. The molecule has 42 heavy (non-hydrogen) atoms. The first kappa shape index (κ1) is 25.9. The van der Waals surface area contributed by atoms with Gasteiger partial charge in [-0.05, 0) is 61.3 Å². The number of fused-ring (bicyclic) bond motifs is 1. The van der Waals surface area contributed by atoms with E-state index in [1.807, 2.05) is 42.5 Å². The molecule has 1 saturated heterocycles. The fourth-order valence-corrected chi connectivity index (χ4v) is 5.72. The molecule has 0 amide bonds. The van der Waals surface area contributed by atoms with Gasteiger partial charge in [-0.2, -0.15) is 5.10 Å². The van der Waals surface area contributed by atoms with Gasteiger partial charge in [-0.25, -0.2) is 20.8 Å². The number of hydrogen-bond acceptors (Lipinski definition) is 8. The Balaban J connectivity index is 1.07. The summed E-state index contributed by atoms with van der Waals surface area (Å²) in [7, 11) is 0. The maximum atomic E-state index is 5.75. The molecule has 0 spiro atoms. The lowest BCUT2D eigenvalue weighted by molar-refractivity contribution is 0.202. The van der Waals surface area contributed by atoms with E-state index >= 15 is 0 Å². The SMILES string of the molecule is NNc1nccc2nc(-c3ccc(CN4CCC(c5n[nH]c(-c6ccccn6)n5)CC4)cc3)c(-c3ccccc3)cc12. The van der Waals surface area contributed by atoms with Crippen molar-refractivity contribution in [3.8, 4) is 33.9 Å². The van der Waals surface area contributed by atoms with Gasteiger partial charge < -0.3 is 5.43 Å². The largest absolute Gasteiger partial charge is 0.308 e. The number of nitrogens with zero attached hydrogens (tertiary/aromatic N) is 6. The predicted molar refractivity (Wildman–Crippen MR) is 165 cm³/mol. The molecule has 0 radical (unpaired) electrons. The van der Waals surface area contributed by atoms with Crippen molar-refractivity contribution in [2.24, 2.45) is 5.84 Å². The molecule has 0 bridgehead atoms. The van der Waals surface area contributed by atoms with Gasteiger partial charge in [0.25, 0.3) is 0 Å². The van der Waals surface area contributed by atoms with Crippen molar-refractivity contribution < 1.29 is 0 Å². The van der Waals surface area contributed by atoms with Crippen molar-refractivity contribution in [2.45, 2.75) is 25.3 Å². The molecule has 9 heteroatoms. The van der Waals surface area contributed by atoms with Crippen molar-refractivity contribution in [1.29, 1.82) is 0 Å². The summed E-state index contributed by atoms with van der Waals surface area (Å²) >= 11 is 0. The second kappa shape index (κ2) is 11.5. The Labute approximate surface area is 243 Å². The number of hydrogen-bond donors (Lipinski definition) is 3. The molecule has 6 aromatic rings. The van der Waals surface area contributed by atoms with E-state index in [0.29, 0.717) is 11.7 Å². The Bertz CT molecular complexity index is 1790. The zero-order valence-corrected chi connectivity index (χ0v) is 23.1. The molecule has 4 aromatic heterocycles. The second-order valence-corrected chi connectivity index (χ2v) is 10.6. The number of nitrogens with one attached hydrogen (secondary N) is 2. The smallest absolute Gasteiger partial charge is 0.174 e. The van der Waals surface area contributed by atoms with Crippen molar-refractivity contribution in [2.75, 3.05) is 18.5 Å². The van der Waals surface area contributed by atoms with E-state index in [1.165, 1.54) is 5.56 Å². The van der Waals surface area contributed by atoms with Gasteiger partial charge in [0.1, 0.15) is 11.5 Å². The molecule has 4 N–H and O–H groups in total. The standard InChI is InChI=1S/C33H31N9/c34-39-32-27-20-26(23-6-2-1-3-7-23)30(37-28(27)13-17-36-32)24-11-9-22(10-12-24)21-42-18-14-25(15-19-42)31-38-33(41-40-31)29-8-4-5-16-35-29/h1-13,16-17,20,25H,14-15,18-19,21,34H2,(H,36,39)(H,38,40,41). The predicted octanol–water partition coefficient (Wildman–Crippen LogP) is 5.81. The van der Waals surface area contributed by atoms with E-state index < -0.39 is 0 Å². The first-order valence-electron chi connectivity index (χ1n) is 14.2. The van der Waals surface area contributed by atoms with Gasteiger partial charge in [-0.1, -0.05) is 60.7 Å². The molecule has 0 saturated carbocycles. The first-order chi connectivity index (χ1) is 20.7. The zero-order valence-electron chi connectivity index (χ0n) is 23.1. The summed E-state index contributed by atoms with van der Waals surface area (Å²) < 4.78 is 0. The van der Waals surface area contributed by atoms with Gasteiger partial charge in [0.05, 0.1) is 11.2 Å². The van der Waals surface area contributed by atoms with Crippen LogP contribution in [0.2, 0.25) is 0 Å². The lowest BCUT2D eigenvalue weighted by Crippen LogP contribution is -2.32. The highest BCUT2D eigenvalue weighted by Crippen LogP contribution is 2.35. The van der Waals surface area contributed by atoms with Gasteiger partial charge in [0, 0.05) is 41.4 Å². The molecule has 1 aliphatic heterocycles. The summed E-state index contributed by atoms with van der Waals surface area (Å²) in [5, 5.41) is 8.46. The molecule has 1 fully saturated rings. The van der Waals surface area contributed by atoms with Gasteiger partial charge in [-0.15, -0.1) is 0 Å². The first-order valence-corrected chi connectivity index (χ1v) is 14.2. The minimum Gasteiger partial charge on any atom is -0.308 e. The van der Waals surface area contributed by atoms with Gasteiger partial charge in [-0.3, -0.25) is 15.0 Å². The van der Waals surface area contributed by atoms with Crippen LogP contribution in [-0.2, 0) is 6.54 Å². The van der Waals surface area contributed by atoms with Crippen LogP contribution in [0.1, 0.15) is 30.1 Å². The molecule has 7 rings (SSSR count). The highest BCUT2D eigenvalue weighted by Gasteiger charge is 2.24. The summed E-state index contributed by atoms with van der Waals surface area (Å²) in [5.41, 5.74) is 9.81. The van der Waals surface area contributed by atoms with Gasteiger partial charge in [0.15, 0.2) is 11.6 Å². The Morgan fingerprint density at radius 2 is 1.64 bits per heavy atom. The number of aromatic nitrogens is 6. The summed E-state index contributed by atoms with van der Waals surface area (Å²) in [6.45, 7) is 2.93. The molecule has 9 nitrogen and oxygen atoms in total. The van der Waals surface area contributed by atoms with Crippen LogP contribution in [-0.4, -0.2) is 48.1 Å². The highest BCUT2D eigenvalue weighted by molar-refractivity contribution is 5.96. The third-order valence-electron chi connectivity index (χ3n) is 7.96. The second-order valence-electron chi connectivity index (χ2n) is 10.6. The van der Waals surface area contributed by atoms with Crippen molar-refractivity contribution in [1.82, 2.24) is 35.0 Å². The molecule has 208 valence electrons. The number of rotatable bonds is 7. The lowest BCUT2D eigenvalue weighted by atomic mass is 9.95. The minimum atomic E-state index is 0.359. The van der Waals surface area contributed by atoms with E-state index in [2.05, 4.69) is 73.0 Å². The van der Waals surface area contributed by atoms with E-state index in [1.54, 1.807) is 12.4 Å². The monoisotopic (exact) mass is 553 g/mol. The quantitative estimate of drug-likeness (QED) is 0.167. The van der Waals surface area contributed by atoms with E-state index in [4.69, 9.17) is 15.8 Å². The number of pyridine rings is 3. The summed E-state index contributed by atoms with van der Waals surface area (Å²) in [6, 6.07) is 29.0. The van der Waals surface area contributed by atoms with Crippen LogP contribution in [0.4, 0.5) is 5.82 Å². The Morgan fingerprint density at radius 1 is 0.833 bits per heavy atom. The molecular weight excluding hydrogens is 522 g/mol. The van der Waals surface area contributed by atoms with Gasteiger partial charge in [0.2, 0.25) is 0 Å². The van der Waals surface area contributed by atoms with Gasteiger partial charge >= 0.3 is 0 Å². The summed E-state index contributed by atoms with van der Waals surface area (Å²) in [4.78, 5) is 21.1. The normalized spacial score (nSPS) is 14.3. The van der Waals surface area contributed by atoms with Crippen LogP contribution in [0.3, 0.4) is 0 Å². The number of anilines is 1. The molecule has 5 heterocycles. The molecule has 1 aliphatic rings. The van der Waals surface area contributed by atoms with E-state index in [-0.39, 0.29) is 0 Å². The summed E-state index contributed by atoms with van der Waals surface area (Å²) in [5.74, 6) is 8.35. The van der Waals surface area contributed by atoms with Crippen LogP contribution in [0.15, 0.2) is 97.3 Å². The molecule has 0 unspecified atom stereocenters. The summed E-state index contributed by atoms with van der Waals surface area (Å²) in [6.07, 6.45) is 5.57. The van der Waals surface area contributed by atoms with Crippen LogP contribution < -0.4 is 11.3 Å². The van der Waals surface area contributed by atoms with E-state index in [9.17, 15) is 0 Å². The topological polar surface area (TPSA) is 122 Å². The fourth-order valence-electron chi connectivity index (χ4n) is 5.72. The minimum absolute atomic E-state index is 0.359. The Morgan fingerprint density at radius 3 is 2.40 bits per heavy atom. The number of aromatic amines is 1. The maximum Gasteiger partial charge on any atom is 0.174 e. The van der Waals surface area contributed by atoms with Crippen molar-refractivity contribution >= 4 is 16.7 Å². The van der Waals surface area contributed by atoms with Crippen LogP contribution in [0, 0.1) is 0 Å². The Hall–Kier alpha value is -4.99. The van der Waals surface area contributed by atoms with Crippen LogP contribution >= 0.6 is 0 Å². The lowest BCUT2D eigenvalue weighted by Gasteiger charge is -2.30. The van der Waals surface area contributed by atoms with Crippen molar-refractivity contribution in [3.05, 3.63) is 109 Å². The van der Waals surface area contributed by atoms with Crippen LogP contribution in [0.5, 0.6) is 0 Å². The number of nitrogen functional groups attached to an aromatic ring is 1. The molecule has 0 atom stereocenters. The Kier molecular flexibility index (Phi) is 7.09. The third-order valence-corrected chi connectivity index (χ3v) is 7.96. The maximum absolute atomic E-state index is 5.75. The number of piperidine rings is 1. The molecule has 2 aromatic carbocycles.